The van der Waals surface area contributed by atoms with Gasteiger partial charge in [0.05, 0.1) is 5.41 Å². The molecule has 0 saturated carbocycles. The quantitative estimate of drug-likeness (QED) is 0.702. The van der Waals surface area contributed by atoms with E-state index in [1.54, 1.807) is 0 Å². The van der Waals surface area contributed by atoms with Crippen LogP contribution in [0.15, 0.2) is 24.3 Å². The predicted octanol–water partition coefficient (Wildman–Crippen LogP) is 3.90. The molecule has 1 aromatic carbocycles. The largest absolute Gasteiger partial charge is 0.456 e. The topological polar surface area (TPSA) is 26.3 Å². The van der Waals surface area contributed by atoms with Crippen molar-refractivity contribution >= 4 is 5.97 Å². The predicted molar refractivity (Wildman–Crippen MR) is 72.2 cm³/mol. The van der Waals surface area contributed by atoms with E-state index in [9.17, 15) is 4.79 Å². The van der Waals surface area contributed by atoms with E-state index in [0.29, 0.717) is 0 Å². The molecule has 98 valence electrons. The number of hydrogen-bond donors (Lipinski definition) is 0. The molecule has 0 radical (unpaired) electrons. The van der Waals surface area contributed by atoms with Gasteiger partial charge in [-0.1, -0.05) is 38.1 Å². The Hall–Kier alpha value is -1.31. The smallest absolute Gasteiger partial charge is 0.311 e. The first-order valence-corrected chi connectivity index (χ1v) is 6.51. The molecule has 1 aliphatic carbocycles. The summed E-state index contributed by atoms with van der Waals surface area (Å²) in [6.45, 7) is 10.00. The molecule has 0 bridgehead atoms. The summed E-state index contributed by atoms with van der Waals surface area (Å²) >= 11 is 0. The molecule has 0 fully saturated rings. The van der Waals surface area contributed by atoms with Crippen molar-refractivity contribution in [1.82, 2.24) is 0 Å². The highest BCUT2D eigenvalue weighted by Crippen LogP contribution is 2.47. The van der Waals surface area contributed by atoms with Crippen molar-refractivity contribution in [3.8, 4) is 0 Å². The van der Waals surface area contributed by atoms with Gasteiger partial charge in [-0.25, -0.2) is 0 Å². The Bertz CT molecular complexity index is 466. The lowest BCUT2D eigenvalue weighted by molar-refractivity contribution is -0.164. The van der Waals surface area contributed by atoms with E-state index in [1.165, 1.54) is 11.1 Å². The Morgan fingerprint density at radius 1 is 1.28 bits per heavy atom. The Labute approximate surface area is 109 Å². The molecule has 0 unspecified atom stereocenters. The zero-order valence-corrected chi connectivity index (χ0v) is 11.9. The summed E-state index contributed by atoms with van der Waals surface area (Å²) in [6.07, 6.45) is 0.839. The van der Waals surface area contributed by atoms with E-state index < -0.39 is 5.41 Å². The third kappa shape index (κ3) is 2.29. The lowest BCUT2D eigenvalue weighted by Gasteiger charge is -2.30. The first-order valence-electron chi connectivity index (χ1n) is 6.51. The summed E-state index contributed by atoms with van der Waals surface area (Å²) in [6, 6.07) is 8.26. The van der Waals surface area contributed by atoms with Crippen LogP contribution < -0.4 is 0 Å². The van der Waals surface area contributed by atoms with E-state index in [0.717, 1.165) is 6.42 Å². The van der Waals surface area contributed by atoms with Crippen LogP contribution in [-0.4, -0.2) is 5.97 Å². The molecule has 0 amide bonds. The Morgan fingerprint density at radius 3 is 2.50 bits per heavy atom. The number of carbonyl (C=O) groups is 1. The van der Waals surface area contributed by atoms with Gasteiger partial charge >= 0.3 is 5.97 Å². The van der Waals surface area contributed by atoms with Gasteiger partial charge in [-0.2, -0.15) is 0 Å². The lowest BCUT2D eigenvalue weighted by Crippen LogP contribution is -2.29. The fourth-order valence-electron chi connectivity index (χ4n) is 2.46. The van der Waals surface area contributed by atoms with Crippen molar-refractivity contribution in [1.29, 1.82) is 0 Å². The second-order valence-electron chi connectivity index (χ2n) is 6.90. The summed E-state index contributed by atoms with van der Waals surface area (Å²) in [5, 5.41) is 0. The van der Waals surface area contributed by atoms with E-state index in [4.69, 9.17) is 4.74 Å². The number of fused-ring (bicyclic) bond motifs is 1. The second-order valence-corrected chi connectivity index (χ2v) is 6.90. The van der Waals surface area contributed by atoms with Gasteiger partial charge in [-0.15, -0.1) is 0 Å². The molecule has 0 aromatic heterocycles. The van der Waals surface area contributed by atoms with Crippen molar-refractivity contribution < 1.29 is 9.53 Å². The molecule has 1 aromatic rings. The van der Waals surface area contributed by atoms with Crippen molar-refractivity contribution in [2.45, 2.75) is 47.1 Å². The van der Waals surface area contributed by atoms with Gasteiger partial charge < -0.3 is 4.74 Å². The van der Waals surface area contributed by atoms with E-state index >= 15 is 0 Å². The molecule has 0 aliphatic heterocycles. The lowest BCUT2D eigenvalue weighted by atomic mass is 9.87. The van der Waals surface area contributed by atoms with Gasteiger partial charge in [-0.05, 0) is 38.3 Å². The van der Waals surface area contributed by atoms with Crippen LogP contribution in [0.3, 0.4) is 0 Å². The van der Waals surface area contributed by atoms with E-state index in [2.05, 4.69) is 26.0 Å². The third-order valence-corrected chi connectivity index (χ3v) is 3.53. The standard InChI is InChI=1S/C16H22O2/c1-15(2,3)14(17)18-13-12-9-7-6-8-11(12)10-16(13,4)5/h6-9,13H,10H2,1-5H3/t13-/m1/s1. The molecule has 2 heteroatoms. The van der Waals surface area contributed by atoms with Crippen molar-refractivity contribution in [3.05, 3.63) is 35.4 Å². The van der Waals surface area contributed by atoms with Crippen LogP contribution in [0.5, 0.6) is 0 Å². The minimum Gasteiger partial charge on any atom is -0.456 e. The monoisotopic (exact) mass is 246 g/mol. The zero-order valence-electron chi connectivity index (χ0n) is 11.9. The first kappa shape index (κ1) is 13.1. The normalized spacial score (nSPS) is 21.5. The van der Waals surface area contributed by atoms with Crippen molar-refractivity contribution in [2.75, 3.05) is 0 Å². The summed E-state index contributed by atoms with van der Waals surface area (Å²) < 4.78 is 5.78. The van der Waals surface area contributed by atoms with Gasteiger partial charge in [0.15, 0.2) is 0 Å². The molecule has 0 saturated heterocycles. The van der Waals surface area contributed by atoms with Gasteiger partial charge in [-0.3, -0.25) is 4.79 Å². The van der Waals surface area contributed by atoms with Gasteiger partial charge in [0.1, 0.15) is 6.10 Å². The van der Waals surface area contributed by atoms with Crippen LogP contribution in [0.1, 0.15) is 51.8 Å². The molecule has 0 spiro atoms. The Balaban J connectivity index is 2.29. The highest BCUT2D eigenvalue weighted by molar-refractivity contribution is 5.75. The molecule has 2 rings (SSSR count). The minimum atomic E-state index is -0.451. The summed E-state index contributed by atoms with van der Waals surface area (Å²) in [4.78, 5) is 12.1. The number of hydrogen-bond acceptors (Lipinski definition) is 2. The molecular weight excluding hydrogens is 224 g/mol. The van der Waals surface area contributed by atoms with Crippen molar-refractivity contribution in [2.24, 2.45) is 10.8 Å². The fraction of sp³-hybridized carbons (Fsp3) is 0.562. The van der Waals surface area contributed by atoms with Crippen molar-refractivity contribution in [3.63, 3.8) is 0 Å². The van der Waals surface area contributed by atoms with Gasteiger partial charge in [0.2, 0.25) is 0 Å². The van der Waals surface area contributed by atoms with Crippen LogP contribution in [-0.2, 0) is 16.0 Å². The van der Waals surface area contributed by atoms with Crippen LogP contribution in [0.2, 0.25) is 0 Å². The number of rotatable bonds is 1. The maximum atomic E-state index is 12.1. The molecule has 2 nitrogen and oxygen atoms in total. The molecule has 18 heavy (non-hydrogen) atoms. The number of benzene rings is 1. The maximum absolute atomic E-state index is 12.1. The minimum absolute atomic E-state index is 0.0232. The number of ether oxygens (including phenoxy) is 1. The highest BCUT2D eigenvalue weighted by Gasteiger charge is 2.42. The number of esters is 1. The van der Waals surface area contributed by atoms with Gasteiger partial charge in [0, 0.05) is 5.41 Å². The highest BCUT2D eigenvalue weighted by atomic mass is 16.5. The second kappa shape index (κ2) is 4.11. The Kier molecular flexibility index (Phi) is 3.00. The average Bonchev–Trinajstić information content (AvgIpc) is 2.49. The zero-order chi connectivity index (χ0) is 13.6. The molecular formula is C16H22O2. The number of carbonyl (C=O) groups excluding carboxylic acids is 1. The molecule has 1 aliphatic rings. The third-order valence-electron chi connectivity index (χ3n) is 3.53. The van der Waals surface area contributed by atoms with Crippen LogP contribution in [0.25, 0.3) is 0 Å². The van der Waals surface area contributed by atoms with Crippen LogP contribution in [0, 0.1) is 10.8 Å². The first-order chi connectivity index (χ1) is 8.22. The molecule has 1 atom stereocenters. The van der Waals surface area contributed by atoms with Gasteiger partial charge in [0.25, 0.3) is 0 Å². The van der Waals surface area contributed by atoms with Crippen LogP contribution >= 0.6 is 0 Å². The summed E-state index contributed by atoms with van der Waals surface area (Å²) in [7, 11) is 0. The Morgan fingerprint density at radius 2 is 1.89 bits per heavy atom. The maximum Gasteiger partial charge on any atom is 0.311 e. The summed E-state index contributed by atoms with van der Waals surface area (Å²) in [5.74, 6) is -0.128. The summed E-state index contributed by atoms with van der Waals surface area (Å²) in [5.41, 5.74) is 1.99. The van der Waals surface area contributed by atoms with E-state index in [-0.39, 0.29) is 17.5 Å². The van der Waals surface area contributed by atoms with Crippen LogP contribution in [0.4, 0.5) is 0 Å². The van der Waals surface area contributed by atoms with E-state index in [1.807, 2.05) is 32.9 Å². The molecule has 0 N–H and O–H groups in total. The fourth-order valence-corrected chi connectivity index (χ4v) is 2.46. The SMILES string of the molecule is CC(C)(C)C(=O)O[C@@H]1c2ccccc2CC1(C)C. The average molecular weight is 246 g/mol. The molecule has 0 heterocycles.